The van der Waals surface area contributed by atoms with E-state index in [1.54, 1.807) is 13.2 Å². The van der Waals surface area contributed by atoms with E-state index in [0.29, 0.717) is 23.9 Å². The smallest absolute Gasteiger partial charge is 0.126 e. The van der Waals surface area contributed by atoms with Gasteiger partial charge < -0.3 is 10.1 Å². The van der Waals surface area contributed by atoms with Gasteiger partial charge in [-0.25, -0.2) is 4.39 Å². The summed E-state index contributed by atoms with van der Waals surface area (Å²) in [6, 6.07) is 12.5. The van der Waals surface area contributed by atoms with Crippen molar-refractivity contribution in [2.75, 3.05) is 12.4 Å². The van der Waals surface area contributed by atoms with Crippen molar-refractivity contribution < 1.29 is 9.13 Å². The highest BCUT2D eigenvalue weighted by Gasteiger charge is 2.00. The average molecular weight is 280 g/mol. The van der Waals surface area contributed by atoms with E-state index in [-0.39, 0.29) is 5.82 Å². The summed E-state index contributed by atoms with van der Waals surface area (Å²) in [6.07, 6.45) is 0. The van der Waals surface area contributed by atoms with E-state index in [9.17, 15) is 4.39 Å². The van der Waals surface area contributed by atoms with E-state index in [2.05, 4.69) is 5.32 Å². The monoisotopic (exact) mass is 279 g/mol. The third-order valence-electron chi connectivity index (χ3n) is 2.69. The van der Waals surface area contributed by atoms with E-state index < -0.39 is 0 Å². The van der Waals surface area contributed by atoms with Gasteiger partial charge in [0.15, 0.2) is 0 Å². The van der Waals surface area contributed by atoms with E-state index >= 15 is 0 Å². The summed E-state index contributed by atoms with van der Waals surface area (Å²) in [4.78, 5) is 0. The Hall–Kier alpha value is -1.58. The molecule has 0 aliphatic heterocycles. The Morgan fingerprint density at radius 2 is 1.79 bits per heavy atom. The third-order valence-corrected chi connectivity index (χ3v) is 2.91. The van der Waals surface area contributed by atoms with Gasteiger partial charge in [-0.3, -0.25) is 0 Å². The van der Waals surface area contributed by atoms with Gasteiger partial charge >= 0.3 is 0 Å². The fraction of sp³-hybridized carbons (Fsp3) is 0.200. The number of halogens is 2. The molecule has 1 N–H and O–H groups in total. The van der Waals surface area contributed by atoms with Crippen LogP contribution in [-0.2, 0) is 17.9 Å². The van der Waals surface area contributed by atoms with Gasteiger partial charge in [-0.2, -0.15) is 0 Å². The van der Waals surface area contributed by atoms with Crippen molar-refractivity contribution in [2.45, 2.75) is 13.2 Å². The first-order valence-electron chi connectivity index (χ1n) is 5.94. The molecule has 0 spiro atoms. The molecule has 0 heterocycles. The quantitative estimate of drug-likeness (QED) is 0.884. The van der Waals surface area contributed by atoms with Gasteiger partial charge in [-0.05, 0) is 29.3 Å². The second-order valence-electron chi connectivity index (χ2n) is 4.26. The highest BCUT2D eigenvalue weighted by atomic mass is 35.5. The van der Waals surface area contributed by atoms with Crippen molar-refractivity contribution >= 4 is 17.3 Å². The summed E-state index contributed by atoms with van der Waals surface area (Å²) in [5.41, 5.74) is 2.91. The summed E-state index contributed by atoms with van der Waals surface area (Å²) in [7, 11) is 1.67. The van der Waals surface area contributed by atoms with Gasteiger partial charge in [-0.15, -0.1) is 0 Å². The molecule has 0 saturated heterocycles. The zero-order chi connectivity index (χ0) is 13.7. The zero-order valence-corrected chi connectivity index (χ0v) is 11.4. The number of methoxy groups -OCH3 is 1. The maximum absolute atomic E-state index is 13.2. The van der Waals surface area contributed by atoms with Crippen LogP contribution in [-0.4, -0.2) is 7.11 Å². The van der Waals surface area contributed by atoms with Crippen LogP contribution in [0.25, 0.3) is 0 Å². The van der Waals surface area contributed by atoms with Crippen molar-refractivity contribution in [1.29, 1.82) is 0 Å². The Kier molecular flexibility index (Phi) is 4.77. The summed E-state index contributed by atoms with van der Waals surface area (Å²) in [5.74, 6) is -0.342. The molecular formula is C15H15ClFNO. The minimum atomic E-state index is -0.342. The van der Waals surface area contributed by atoms with Crippen LogP contribution in [0, 0.1) is 5.82 Å². The normalized spacial score (nSPS) is 10.5. The lowest BCUT2D eigenvalue weighted by molar-refractivity contribution is 0.185. The molecule has 0 atom stereocenters. The van der Waals surface area contributed by atoms with E-state index in [1.165, 1.54) is 12.1 Å². The van der Waals surface area contributed by atoms with Crippen molar-refractivity contribution in [3.05, 3.63) is 64.4 Å². The molecular weight excluding hydrogens is 265 g/mol. The highest BCUT2D eigenvalue weighted by molar-refractivity contribution is 6.30. The second kappa shape index (κ2) is 6.55. The summed E-state index contributed by atoms with van der Waals surface area (Å²) < 4.78 is 18.2. The van der Waals surface area contributed by atoms with Gasteiger partial charge in [0, 0.05) is 24.4 Å². The minimum Gasteiger partial charge on any atom is -0.381 e. The zero-order valence-electron chi connectivity index (χ0n) is 10.6. The largest absolute Gasteiger partial charge is 0.381 e. The fourth-order valence-corrected chi connectivity index (χ4v) is 2.00. The maximum atomic E-state index is 13.2. The Morgan fingerprint density at radius 1 is 1.11 bits per heavy atom. The summed E-state index contributed by atoms with van der Waals surface area (Å²) in [5, 5.41) is 3.53. The van der Waals surface area contributed by atoms with Crippen LogP contribution in [0.4, 0.5) is 10.1 Å². The molecule has 0 radical (unpaired) electrons. The van der Waals surface area contributed by atoms with Crippen LogP contribution in [0.2, 0.25) is 5.02 Å². The van der Waals surface area contributed by atoms with Crippen LogP contribution < -0.4 is 5.32 Å². The topological polar surface area (TPSA) is 21.3 Å². The molecule has 4 heteroatoms. The summed E-state index contributed by atoms with van der Waals surface area (Å²) in [6.45, 7) is 1.22. The summed E-state index contributed by atoms with van der Waals surface area (Å²) >= 11 is 5.79. The molecule has 2 aromatic carbocycles. The van der Waals surface area contributed by atoms with Crippen molar-refractivity contribution in [3.8, 4) is 0 Å². The molecule has 100 valence electrons. The van der Waals surface area contributed by atoms with Gasteiger partial charge in [0.25, 0.3) is 0 Å². The molecule has 2 nitrogen and oxygen atoms in total. The number of benzene rings is 2. The van der Waals surface area contributed by atoms with Crippen molar-refractivity contribution in [2.24, 2.45) is 0 Å². The molecule has 0 unspecified atom stereocenters. The average Bonchev–Trinajstić information content (AvgIpc) is 2.37. The SMILES string of the molecule is COCc1ccc(CNc2cc(F)cc(Cl)c2)cc1. The van der Waals surface area contributed by atoms with Crippen LogP contribution >= 0.6 is 11.6 Å². The Morgan fingerprint density at radius 3 is 2.42 bits per heavy atom. The lowest BCUT2D eigenvalue weighted by Crippen LogP contribution is -2.00. The molecule has 0 saturated carbocycles. The molecule has 2 rings (SSSR count). The van der Waals surface area contributed by atoms with Crippen LogP contribution in [0.5, 0.6) is 0 Å². The van der Waals surface area contributed by atoms with E-state index in [1.807, 2.05) is 24.3 Å². The first-order valence-corrected chi connectivity index (χ1v) is 6.32. The van der Waals surface area contributed by atoms with E-state index in [0.717, 1.165) is 11.1 Å². The molecule has 0 aliphatic carbocycles. The molecule has 0 amide bonds. The van der Waals surface area contributed by atoms with E-state index in [4.69, 9.17) is 16.3 Å². The van der Waals surface area contributed by atoms with Crippen molar-refractivity contribution in [1.82, 2.24) is 0 Å². The van der Waals surface area contributed by atoms with Crippen molar-refractivity contribution in [3.63, 3.8) is 0 Å². The molecule has 0 bridgehead atoms. The number of nitrogens with one attached hydrogen (secondary N) is 1. The Bertz CT molecular complexity index is 522. The van der Waals surface area contributed by atoms with Gasteiger partial charge in [0.05, 0.1) is 6.61 Å². The number of anilines is 1. The minimum absolute atomic E-state index is 0.342. The lowest BCUT2D eigenvalue weighted by atomic mass is 10.1. The molecule has 0 fully saturated rings. The molecule has 19 heavy (non-hydrogen) atoms. The molecule has 0 aliphatic rings. The first-order chi connectivity index (χ1) is 9.17. The van der Waals surface area contributed by atoms with Crippen LogP contribution in [0.3, 0.4) is 0 Å². The Labute approximate surface area is 117 Å². The van der Waals surface area contributed by atoms with Gasteiger partial charge in [0.1, 0.15) is 5.82 Å². The lowest BCUT2D eigenvalue weighted by Gasteiger charge is -2.08. The van der Waals surface area contributed by atoms with Gasteiger partial charge in [-0.1, -0.05) is 35.9 Å². The van der Waals surface area contributed by atoms with Gasteiger partial charge in [0.2, 0.25) is 0 Å². The number of ether oxygens (including phenoxy) is 1. The number of hydrogen-bond donors (Lipinski definition) is 1. The number of rotatable bonds is 5. The third kappa shape index (κ3) is 4.23. The Balaban J connectivity index is 1.98. The predicted molar refractivity (Wildman–Crippen MR) is 75.9 cm³/mol. The molecule has 0 aromatic heterocycles. The molecule has 2 aromatic rings. The first kappa shape index (κ1) is 13.8. The fourth-order valence-electron chi connectivity index (χ4n) is 1.78. The number of hydrogen-bond acceptors (Lipinski definition) is 2. The van der Waals surface area contributed by atoms with Crippen LogP contribution in [0.15, 0.2) is 42.5 Å². The highest BCUT2D eigenvalue weighted by Crippen LogP contribution is 2.18. The van der Waals surface area contributed by atoms with Crippen LogP contribution in [0.1, 0.15) is 11.1 Å². The maximum Gasteiger partial charge on any atom is 0.126 e. The standard InChI is InChI=1S/C15H15ClFNO/c1-19-10-12-4-2-11(3-5-12)9-18-15-7-13(16)6-14(17)8-15/h2-8,18H,9-10H2,1H3. The second-order valence-corrected chi connectivity index (χ2v) is 4.70. The predicted octanol–water partition coefficient (Wildman–Crippen LogP) is 4.24.